The van der Waals surface area contributed by atoms with E-state index in [9.17, 15) is 9.59 Å². The van der Waals surface area contributed by atoms with Gasteiger partial charge in [-0.15, -0.1) is 0 Å². The first-order valence-corrected chi connectivity index (χ1v) is 5.67. The smallest absolute Gasteiger partial charge is 0.343 e. The number of carbonyl (C=O) groups excluding carboxylic acids is 2. The highest BCUT2D eigenvalue weighted by molar-refractivity contribution is 8.75. The number of carbonyl (C=O) groups is 2. The topological polar surface area (TPSA) is 52.6 Å². The van der Waals surface area contributed by atoms with Gasteiger partial charge in [0.15, 0.2) is 0 Å². The Bertz CT molecular complexity index is 193. The number of esters is 1. The molecule has 74 valence electrons. The summed E-state index contributed by atoms with van der Waals surface area (Å²) in [6.07, 6.45) is 1.08. The van der Waals surface area contributed by atoms with Gasteiger partial charge in [-0.25, -0.2) is 4.79 Å². The molecule has 0 aliphatic rings. The van der Waals surface area contributed by atoms with Crippen molar-refractivity contribution in [2.75, 3.05) is 12.4 Å². The highest BCUT2D eigenvalue weighted by Gasteiger charge is 1.98. The minimum Gasteiger partial charge on any atom is -0.465 e. The molecule has 0 atom stereocenters. The molecule has 0 aromatic carbocycles. The summed E-state index contributed by atoms with van der Waals surface area (Å²) in [5, 5.41) is 0. The van der Waals surface area contributed by atoms with Crippen LogP contribution >= 0.6 is 21.9 Å². The largest absolute Gasteiger partial charge is 0.465 e. The fourth-order valence-corrected chi connectivity index (χ4v) is 1.50. The summed E-state index contributed by atoms with van der Waals surface area (Å²) >= 11 is 0.942. The van der Waals surface area contributed by atoms with Crippen LogP contribution < -0.4 is 0 Å². The van der Waals surface area contributed by atoms with Crippen LogP contribution in [0.15, 0.2) is 12.7 Å². The second-order valence-electron chi connectivity index (χ2n) is 1.84. The summed E-state index contributed by atoms with van der Waals surface area (Å²) in [6.45, 7) is 4.89. The van der Waals surface area contributed by atoms with Crippen molar-refractivity contribution in [2.45, 2.75) is 6.92 Å². The molecule has 0 rings (SSSR count). The SMILES string of the molecule is C=CC(=O)OSSCCOC(C)=O. The number of rotatable bonds is 6. The first-order chi connectivity index (χ1) is 6.16. The molecular formula is C7H10O4S2. The monoisotopic (exact) mass is 222 g/mol. The average Bonchev–Trinajstić information content (AvgIpc) is 2.10. The summed E-state index contributed by atoms with van der Waals surface area (Å²) in [7, 11) is 1.29. The second kappa shape index (κ2) is 8.00. The van der Waals surface area contributed by atoms with Crippen LogP contribution in [0.4, 0.5) is 0 Å². The lowest BCUT2D eigenvalue weighted by atomic mass is 10.7. The molecule has 0 aromatic rings. The van der Waals surface area contributed by atoms with Crippen LogP contribution in [0.3, 0.4) is 0 Å². The molecule has 0 fully saturated rings. The Labute approximate surface area is 84.6 Å². The highest BCUT2D eigenvalue weighted by Crippen LogP contribution is 2.21. The van der Waals surface area contributed by atoms with Crippen molar-refractivity contribution in [3.63, 3.8) is 0 Å². The van der Waals surface area contributed by atoms with Gasteiger partial charge in [-0.3, -0.25) is 4.79 Å². The van der Waals surface area contributed by atoms with Crippen molar-refractivity contribution in [1.29, 1.82) is 0 Å². The van der Waals surface area contributed by atoms with Crippen LogP contribution in [0.2, 0.25) is 0 Å². The van der Waals surface area contributed by atoms with Crippen LogP contribution in [0, 0.1) is 0 Å². The summed E-state index contributed by atoms with van der Waals surface area (Å²) in [6, 6.07) is 0. The Morgan fingerprint density at radius 3 is 2.77 bits per heavy atom. The minimum atomic E-state index is -0.481. The number of hydrogen-bond donors (Lipinski definition) is 0. The molecule has 0 bridgehead atoms. The Morgan fingerprint density at radius 2 is 2.23 bits per heavy atom. The molecule has 0 spiro atoms. The fourth-order valence-electron chi connectivity index (χ4n) is 0.345. The van der Waals surface area contributed by atoms with E-state index < -0.39 is 5.97 Å². The van der Waals surface area contributed by atoms with Crippen molar-refractivity contribution in [2.24, 2.45) is 0 Å². The third kappa shape index (κ3) is 9.29. The maximum Gasteiger partial charge on any atom is 0.343 e. The van der Waals surface area contributed by atoms with Crippen LogP contribution in [-0.4, -0.2) is 24.3 Å². The van der Waals surface area contributed by atoms with E-state index in [1.807, 2.05) is 0 Å². The van der Waals surface area contributed by atoms with Gasteiger partial charge in [0.25, 0.3) is 0 Å². The fraction of sp³-hybridized carbons (Fsp3) is 0.429. The van der Waals surface area contributed by atoms with Crippen molar-refractivity contribution in [3.05, 3.63) is 12.7 Å². The average molecular weight is 222 g/mol. The first kappa shape index (κ1) is 12.4. The molecule has 0 aliphatic carbocycles. The Balaban J connectivity index is 3.12. The van der Waals surface area contributed by atoms with E-state index in [0.29, 0.717) is 12.4 Å². The normalized spacial score (nSPS) is 9.00. The van der Waals surface area contributed by atoms with Gasteiger partial charge < -0.3 is 8.92 Å². The number of ether oxygens (including phenoxy) is 1. The van der Waals surface area contributed by atoms with Crippen LogP contribution in [0.1, 0.15) is 6.92 Å². The van der Waals surface area contributed by atoms with E-state index in [0.717, 1.165) is 17.2 Å². The highest BCUT2D eigenvalue weighted by atomic mass is 33.1. The molecule has 13 heavy (non-hydrogen) atoms. The van der Waals surface area contributed by atoms with Gasteiger partial charge in [-0.1, -0.05) is 6.58 Å². The third-order valence-electron chi connectivity index (χ3n) is 0.803. The second-order valence-corrected chi connectivity index (χ2v) is 3.90. The van der Waals surface area contributed by atoms with Crippen molar-refractivity contribution in [3.8, 4) is 0 Å². The Kier molecular flexibility index (Phi) is 7.62. The lowest BCUT2D eigenvalue weighted by Crippen LogP contribution is -2.01. The van der Waals surface area contributed by atoms with Gasteiger partial charge in [0.05, 0.1) is 0 Å². The maximum atomic E-state index is 10.5. The molecule has 0 heterocycles. The lowest BCUT2D eigenvalue weighted by molar-refractivity contribution is -0.140. The Morgan fingerprint density at radius 1 is 1.54 bits per heavy atom. The summed E-state index contributed by atoms with van der Waals surface area (Å²) < 4.78 is 9.22. The maximum absolute atomic E-state index is 10.5. The summed E-state index contributed by atoms with van der Waals surface area (Å²) in [4.78, 5) is 20.8. The van der Waals surface area contributed by atoms with Crippen LogP contribution in [0.5, 0.6) is 0 Å². The Hall–Kier alpha value is -0.620. The molecule has 0 amide bonds. The zero-order valence-electron chi connectivity index (χ0n) is 7.15. The van der Waals surface area contributed by atoms with Crippen LogP contribution in [-0.2, 0) is 18.5 Å². The standard InChI is InChI=1S/C7H10O4S2/c1-3-7(9)11-13-12-5-4-10-6(2)8/h3H,1,4-5H2,2H3. The lowest BCUT2D eigenvalue weighted by Gasteiger charge is -2.00. The predicted octanol–water partition coefficient (Wildman–Crippen LogP) is 1.58. The van der Waals surface area contributed by atoms with Gasteiger partial charge in [0.1, 0.15) is 17.7 Å². The molecule has 0 saturated carbocycles. The van der Waals surface area contributed by atoms with Crippen LogP contribution in [0.25, 0.3) is 0 Å². The van der Waals surface area contributed by atoms with Gasteiger partial charge in [0, 0.05) is 18.8 Å². The van der Waals surface area contributed by atoms with E-state index in [-0.39, 0.29) is 5.97 Å². The van der Waals surface area contributed by atoms with E-state index in [2.05, 4.69) is 15.5 Å². The zero-order valence-corrected chi connectivity index (χ0v) is 8.78. The van der Waals surface area contributed by atoms with Crippen molar-refractivity contribution in [1.82, 2.24) is 0 Å². The molecule has 0 unspecified atom stereocenters. The third-order valence-corrected chi connectivity index (χ3v) is 2.46. The molecule has 0 saturated heterocycles. The summed E-state index contributed by atoms with van der Waals surface area (Å²) in [5.41, 5.74) is 0. The minimum absolute atomic E-state index is 0.311. The molecule has 0 N–H and O–H groups in total. The molecule has 6 heteroatoms. The molecule has 0 aliphatic heterocycles. The van der Waals surface area contributed by atoms with Gasteiger partial charge >= 0.3 is 11.9 Å². The van der Waals surface area contributed by atoms with E-state index in [1.54, 1.807) is 0 Å². The van der Waals surface area contributed by atoms with E-state index >= 15 is 0 Å². The van der Waals surface area contributed by atoms with E-state index in [4.69, 9.17) is 0 Å². The number of hydrogen-bond acceptors (Lipinski definition) is 6. The van der Waals surface area contributed by atoms with Crippen molar-refractivity contribution < 1.29 is 18.5 Å². The molecular weight excluding hydrogens is 212 g/mol. The van der Waals surface area contributed by atoms with Crippen molar-refractivity contribution >= 4 is 33.8 Å². The first-order valence-electron chi connectivity index (χ1n) is 3.42. The predicted molar refractivity (Wildman–Crippen MR) is 53.0 cm³/mol. The molecule has 0 aromatic heterocycles. The van der Waals surface area contributed by atoms with Gasteiger partial charge in [0.2, 0.25) is 0 Å². The molecule has 0 radical (unpaired) electrons. The van der Waals surface area contributed by atoms with Gasteiger partial charge in [-0.2, -0.15) is 0 Å². The van der Waals surface area contributed by atoms with E-state index in [1.165, 1.54) is 17.7 Å². The van der Waals surface area contributed by atoms with Gasteiger partial charge in [-0.05, 0) is 10.8 Å². The quantitative estimate of drug-likeness (QED) is 0.223. The summed E-state index contributed by atoms with van der Waals surface area (Å²) in [5.74, 6) is -0.215. The molecule has 4 nitrogen and oxygen atoms in total. The zero-order chi connectivity index (χ0) is 10.1.